The van der Waals surface area contributed by atoms with Crippen LogP contribution in [-0.2, 0) is 11.2 Å². The normalized spacial score (nSPS) is 11.8. The number of nitrogens with one attached hydrogen (secondary N) is 2. The zero-order chi connectivity index (χ0) is 18.2. The molecule has 0 aliphatic heterocycles. The summed E-state index contributed by atoms with van der Waals surface area (Å²) in [7, 11) is 0. The van der Waals surface area contributed by atoms with E-state index in [1.54, 1.807) is 36.7 Å². The zero-order valence-corrected chi connectivity index (χ0v) is 15.1. The van der Waals surface area contributed by atoms with E-state index in [-0.39, 0.29) is 17.7 Å². The molecule has 1 atom stereocenters. The van der Waals surface area contributed by atoms with Gasteiger partial charge < -0.3 is 10.6 Å². The van der Waals surface area contributed by atoms with Crippen LogP contribution >= 0.6 is 11.6 Å². The Bertz CT molecular complexity index is 720. The van der Waals surface area contributed by atoms with E-state index in [0.717, 1.165) is 5.56 Å². The average Bonchev–Trinajstić information content (AvgIpc) is 2.60. The van der Waals surface area contributed by atoms with E-state index in [1.165, 1.54) is 0 Å². The van der Waals surface area contributed by atoms with Crippen molar-refractivity contribution in [2.45, 2.75) is 26.3 Å². The molecule has 6 heteroatoms. The van der Waals surface area contributed by atoms with Gasteiger partial charge in [-0.15, -0.1) is 0 Å². The van der Waals surface area contributed by atoms with Gasteiger partial charge in [-0.2, -0.15) is 0 Å². The van der Waals surface area contributed by atoms with E-state index < -0.39 is 6.04 Å². The minimum Gasteiger partial charge on any atom is -0.354 e. The van der Waals surface area contributed by atoms with Gasteiger partial charge in [0.25, 0.3) is 5.91 Å². The highest BCUT2D eigenvalue weighted by atomic mass is 35.5. The fraction of sp³-hybridized carbons (Fsp3) is 0.316. The lowest BCUT2D eigenvalue weighted by molar-refractivity contribution is -0.123. The second-order valence-corrected chi connectivity index (χ2v) is 6.48. The van der Waals surface area contributed by atoms with Crippen LogP contribution in [-0.4, -0.2) is 29.4 Å². The van der Waals surface area contributed by atoms with Gasteiger partial charge in [-0.25, -0.2) is 0 Å². The third-order valence-electron chi connectivity index (χ3n) is 3.79. The molecule has 0 radical (unpaired) electrons. The predicted octanol–water partition coefficient (Wildman–Crippen LogP) is 2.85. The van der Waals surface area contributed by atoms with Crippen molar-refractivity contribution in [3.63, 3.8) is 0 Å². The topological polar surface area (TPSA) is 71.1 Å². The third kappa shape index (κ3) is 5.57. The number of rotatable bonds is 7. The summed E-state index contributed by atoms with van der Waals surface area (Å²) in [5, 5.41) is 6.00. The number of amides is 2. The first kappa shape index (κ1) is 18.9. The van der Waals surface area contributed by atoms with Crippen LogP contribution in [0.1, 0.15) is 29.8 Å². The molecule has 0 spiro atoms. The van der Waals surface area contributed by atoms with Crippen molar-refractivity contribution in [1.29, 1.82) is 0 Å². The van der Waals surface area contributed by atoms with E-state index in [0.29, 0.717) is 23.6 Å². The zero-order valence-electron chi connectivity index (χ0n) is 14.3. The summed E-state index contributed by atoms with van der Waals surface area (Å²) in [6.45, 7) is 4.26. The van der Waals surface area contributed by atoms with E-state index in [4.69, 9.17) is 11.6 Å². The van der Waals surface area contributed by atoms with Crippen molar-refractivity contribution >= 4 is 23.4 Å². The molecule has 0 bridgehead atoms. The number of aromatic nitrogens is 1. The standard InChI is InChI=1S/C19H22ClN3O2/c1-13(2)17(23-18(24)15-7-3-4-8-16(15)20)19(25)22-11-9-14-6-5-10-21-12-14/h3-8,10,12-13,17H,9,11H2,1-2H3,(H,22,25)(H,23,24)/t17-/m1/s1. The lowest BCUT2D eigenvalue weighted by atomic mass is 10.0. The molecule has 0 aliphatic carbocycles. The third-order valence-corrected chi connectivity index (χ3v) is 4.12. The molecular weight excluding hydrogens is 338 g/mol. The number of pyridine rings is 1. The van der Waals surface area contributed by atoms with Crippen LogP contribution in [0, 0.1) is 5.92 Å². The number of carbonyl (C=O) groups excluding carboxylic acids is 2. The Morgan fingerprint density at radius 2 is 1.92 bits per heavy atom. The SMILES string of the molecule is CC(C)[C@@H](NC(=O)c1ccccc1Cl)C(=O)NCCc1cccnc1. The smallest absolute Gasteiger partial charge is 0.253 e. The van der Waals surface area contributed by atoms with E-state index >= 15 is 0 Å². The van der Waals surface area contributed by atoms with E-state index in [9.17, 15) is 9.59 Å². The van der Waals surface area contributed by atoms with Crippen molar-refractivity contribution in [1.82, 2.24) is 15.6 Å². The van der Waals surface area contributed by atoms with Gasteiger partial charge in [-0.1, -0.05) is 43.6 Å². The highest BCUT2D eigenvalue weighted by Crippen LogP contribution is 2.15. The predicted molar refractivity (Wildman–Crippen MR) is 98.5 cm³/mol. The molecule has 1 aromatic carbocycles. The Balaban J connectivity index is 1.94. The molecule has 0 unspecified atom stereocenters. The van der Waals surface area contributed by atoms with Crippen molar-refractivity contribution in [2.75, 3.05) is 6.54 Å². The fourth-order valence-corrected chi connectivity index (χ4v) is 2.61. The largest absolute Gasteiger partial charge is 0.354 e. The molecule has 0 fully saturated rings. The summed E-state index contributed by atoms with van der Waals surface area (Å²) in [4.78, 5) is 28.9. The highest BCUT2D eigenvalue weighted by Gasteiger charge is 2.25. The van der Waals surface area contributed by atoms with Gasteiger partial charge in [-0.3, -0.25) is 14.6 Å². The maximum absolute atomic E-state index is 12.5. The maximum atomic E-state index is 12.5. The Kier molecular flexibility index (Phi) is 6.95. The number of hydrogen-bond acceptors (Lipinski definition) is 3. The van der Waals surface area contributed by atoms with Crippen LogP contribution in [0.25, 0.3) is 0 Å². The first-order valence-electron chi connectivity index (χ1n) is 8.21. The Morgan fingerprint density at radius 3 is 2.56 bits per heavy atom. The fourth-order valence-electron chi connectivity index (χ4n) is 2.39. The molecule has 2 rings (SSSR count). The van der Waals surface area contributed by atoms with Gasteiger partial charge in [0, 0.05) is 18.9 Å². The molecule has 1 aromatic heterocycles. The Hall–Kier alpha value is -2.40. The minimum atomic E-state index is -0.627. The van der Waals surface area contributed by atoms with Crippen LogP contribution in [0.4, 0.5) is 0 Å². The summed E-state index contributed by atoms with van der Waals surface area (Å²) in [6.07, 6.45) is 4.16. The summed E-state index contributed by atoms with van der Waals surface area (Å²) < 4.78 is 0. The second-order valence-electron chi connectivity index (χ2n) is 6.08. The van der Waals surface area contributed by atoms with Gasteiger partial charge >= 0.3 is 0 Å². The molecule has 0 saturated heterocycles. The number of nitrogens with zero attached hydrogens (tertiary/aromatic N) is 1. The molecule has 2 N–H and O–H groups in total. The van der Waals surface area contributed by atoms with E-state index in [2.05, 4.69) is 15.6 Å². The van der Waals surface area contributed by atoms with Gasteiger partial charge in [0.05, 0.1) is 10.6 Å². The van der Waals surface area contributed by atoms with Crippen LogP contribution in [0.2, 0.25) is 5.02 Å². The van der Waals surface area contributed by atoms with Gasteiger partial charge in [0.15, 0.2) is 0 Å². The van der Waals surface area contributed by atoms with Crippen LogP contribution in [0.3, 0.4) is 0 Å². The van der Waals surface area contributed by atoms with Crippen molar-refractivity contribution in [2.24, 2.45) is 5.92 Å². The molecule has 2 aromatic rings. The van der Waals surface area contributed by atoms with Crippen molar-refractivity contribution in [3.05, 3.63) is 64.9 Å². The lowest BCUT2D eigenvalue weighted by Gasteiger charge is -2.22. The molecule has 132 valence electrons. The molecule has 5 nitrogen and oxygen atoms in total. The Morgan fingerprint density at radius 1 is 1.16 bits per heavy atom. The molecule has 1 heterocycles. The second kappa shape index (κ2) is 9.18. The Labute approximate surface area is 152 Å². The van der Waals surface area contributed by atoms with Gasteiger partial charge in [0.1, 0.15) is 6.04 Å². The van der Waals surface area contributed by atoms with Gasteiger partial charge in [0.2, 0.25) is 5.91 Å². The quantitative estimate of drug-likeness (QED) is 0.798. The average molecular weight is 360 g/mol. The minimum absolute atomic E-state index is 0.0511. The number of carbonyl (C=O) groups is 2. The van der Waals surface area contributed by atoms with Crippen LogP contribution in [0.15, 0.2) is 48.8 Å². The first-order valence-corrected chi connectivity index (χ1v) is 8.59. The summed E-state index contributed by atoms with van der Waals surface area (Å²) in [5.74, 6) is -0.615. The highest BCUT2D eigenvalue weighted by molar-refractivity contribution is 6.33. The molecular formula is C19H22ClN3O2. The van der Waals surface area contributed by atoms with Crippen LogP contribution < -0.4 is 10.6 Å². The van der Waals surface area contributed by atoms with E-state index in [1.807, 2.05) is 26.0 Å². The number of benzene rings is 1. The van der Waals surface area contributed by atoms with Crippen molar-refractivity contribution < 1.29 is 9.59 Å². The number of halogens is 1. The summed E-state index contributed by atoms with van der Waals surface area (Å²) in [6, 6.07) is 9.96. The summed E-state index contributed by atoms with van der Waals surface area (Å²) >= 11 is 6.05. The molecule has 0 aliphatic rings. The van der Waals surface area contributed by atoms with Gasteiger partial charge in [-0.05, 0) is 36.1 Å². The lowest BCUT2D eigenvalue weighted by Crippen LogP contribution is -2.50. The monoisotopic (exact) mass is 359 g/mol. The summed E-state index contributed by atoms with van der Waals surface area (Å²) in [5.41, 5.74) is 1.40. The molecule has 0 saturated carbocycles. The van der Waals surface area contributed by atoms with Crippen LogP contribution in [0.5, 0.6) is 0 Å². The number of hydrogen-bond donors (Lipinski definition) is 2. The van der Waals surface area contributed by atoms with Crippen molar-refractivity contribution in [3.8, 4) is 0 Å². The maximum Gasteiger partial charge on any atom is 0.253 e. The first-order chi connectivity index (χ1) is 12.0. The molecule has 25 heavy (non-hydrogen) atoms. The molecule has 2 amide bonds.